The topological polar surface area (TPSA) is 39.2 Å². The molecule has 7 aromatic carbocycles. The Morgan fingerprint density at radius 1 is 0.417 bits per heavy atom. The number of aryl methyl sites for hydroxylation is 1. The van der Waals surface area contributed by atoms with Gasteiger partial charge in [-0.25, -0.2) is 0 Å². The lowest BCUT2D eigenvalue weighted by Gasteiger charge is -2.37. The summed E-state index contributed by atoms with van der Waals surface area (Å²) in [4.78, 5) is 10.6. The first-order valence-electron chi connectivity index (χ1n) is 31.7. The molecule has 10 aliphatic rings. The molecule has 84 heavy (non-hydrogen) atoms. The van der Waals surface area contributed by atoms with E-state index in [1.165, 1.54) is 176 Å². The third-order valence-corrected chi connectivity index (χ3v) is 21.3. The maximum absolute atomic E-state index is 7.35. The highest BCUT2D eigenvalue weighted by molar-refractivity contribution is 6.11. The van der Waals surface area contributed by atoms with Crippen LogP contribution < -0.4 is 19.6 Å². The fraction of sp³-hybridized carbons (Fsp3) is 0.256. The fourth-order valence-corrected chi connectivity index (χ4v) is 17.8. The lowest BCUT2D eigenvalue weighted by Crippen LogP contribution is -2.36. The first-order valence-corrected chi connectivity index (χ1v) is 31.7. The molecular formula is C78H66N4O2. The fourth-order valence-electron chi connectivity index (χ4n) is 17.8. The van der Waals surface area contributed by atoms with Crippen molar-refractivity contribution < 1.29 is 8.83 Å². The molecule has 4 atom stereocenters. The van der Waals surface area contributed by atoms with Crippen molar-refractivity contribution in [3.8, 4) is 0 Å². The van der Waals surface area contributed by atoms with Crippen molar-refractivity contribution in [3.63, 3.8) is 0 Å². The smallest absolute Gasteiger partial charge is 0.159 e. The molecule has 9 aromatic rings. The highest BCUT2D eigenvalue weighted by atomic mass is 16.3. The Labute approximate surface area is 491 Å². The van der Waals surface area contributed by atoms with Crippen molar-refractivity contribution in [2.45, 2.75) is 120 Å². The number of rotatable bonds is 8. The molecule has 1 saturated heterocycles. The van der Waals surface area contributed by atoms with Crippen LogP contribution >= 0.6 is 0 Å². The van der Waals surface area contributed by atoms with E-state index in [1.807, 2.05) is 0 Å². The van der Waals surface area contributed by atoms with Gasteiger partial charge in [-0.2, -0.15) is 0 Å². The van der Waals surface area contributed by atoms with Gasteiger partial charge >= 0.3 is 0 Å². The van der Waals surface area contributed by atoms with Gasteiger partial charge in [-0.15, -0.1) is 0 Å². The van der Waals surface area contributed by atoms with Gasteiger partial charge in [0.2, 0.25) is 0 Å². The maximum atomic E-state index is 7.35. The molecule has 3 unspecified atom stereocenters. The molecule has 6 heterocycles. The van der Waals surface area contributed by atoms with Gasteiger partial charge in [0.15, 0.2) is 11.3 Å². The van der Waals surface area contributed by atoms with Crippen LogP contribution in [-0.4, -0.2) is 12.1 Å². The van der Waals surface area contributed by atoms with Crippen LogP contribution in [0, 0.1) is 5.92 Å². The predicted molar refractivity (Wildman–Crippen MR) is 344 cm³/mol. The Hall–Kier alpha value is -8.74. The zero-order valence-electron chi connectivity index (χ0n) is 47.4. The number of nitrogens with zero attached hydrogens (tertiary/aromatic N) is 4. The second-order valence-electron chi connectivity index (χ2n) is 25.5. The average Bonchev–Trinajstić information content (AvgIpc) is 2.25. The molecule has 0 radical (unpaired) electrons. The minimum Gasteiger partial charge on any atom is -0.454 e. The molecule has 6 heteroatoms. The van der Waals surface area contributed by atoms with E-state index >= 15 is 0 Å². The summed E-state index contributed by atoms with van der Waals surface area (Å²) in [5.74, 6) is 2.33. The van der Waals surface area contributed by atoms with Crippen molar-refractivity contribution in [2.24, 2.45) is 5.92 Å². The number of para-hydroxylation sites is 6. The van der Waals surface area contributed by atoms with E-state index in [2.05, 4.69) is 214 Å². The molecule has 0 amide bonds. The number of hydrogen-bond acceptors (Lipinski definition) is 6. The van der Waals surface area contributed by atoms with Crippen LogP contribution in [0.2, 0.25) is 0 Å². The molecule has 0 bridgehead atoms. The van der Waals surface area contributed by atoms with E-state index in [-0.39, 0.29) is 23.9 Å². The third-order valence-electron chi connectivity index (χ3n) is 21.3. The Bertz CT molecular complexity index is 4510. The van der Waals surface area contributed by atoms with Gasteiger partial charge < -0.3 is 28.4 Å². The summed E-state index contributed by atoms with van der Waals surface area (Å²) in [5.41, 5.74) is 28.1. The molecule has 6 nitrogen and oxygen atoms in total. The van der Waals surface area contributed by atoms with Crippen LogP contribution in [0.5, 0.6) is 0 Å². The number of furan rings is 2. The Balaban J connectivity index is 0.753. The standard InChI is InChI=1S/C78H66N4O2/c1-5-21-47(22-6-1)51-31-17-33-55-57-35-19-39-67(77(57)83-75(51)55)79(49-25-9-3-10-26-49)65-43-41-53-61-45-70-62(46-69(61)81-63-37-15-13-29-59(63)71(65)73(53)81)54-42-44-66(72-60-30-14-16-38-64(60)82(70)74(54)72)80(50-27-11-4-12-28-50)68-40-20-36-58-56-34-18-32-52(76(56)84-78(58)68)48-23-7-2-8-24-48/h3-4,9-13,15,17-19,25-35,37-48,71-74H,1-2,5-8,14,16,20-24,36H2/t71-,72?,73?,74?/m0/s1. The molecule has 3 fully saturated rings. The predicted octanol–water partition coefficient (Wildman–Crippen LogP) is 20.4. The van der Waals surface area contributed by atoms with Crippen LogP contribution in [0.3, 0.4) is 0 Å². The largest absolute Gasteiger partial charge is 0.454 e. The van der Waals surface area contributed by atoms with E-state index in [9.17, 15) is 0 Å². The zero-order valence-corrected chi connectivity index (χ0v) is 47.4. The first-order chi connectivity index (χ1) is 41.7. The van der Waals surface area contributed by atoms with Crippen LogP contribution in [0.4, 0.5) is 34.1 Å². The summed E-state index contributed by atoms with van der Waals surface area (Å²) in [6.45, 7) is 0. The van der Waals surface area contributed by atoms with Gasteiger partial charge in [-0.1, -0.05) is 172 Å². The summed E-state index contributed by atoms with van der Waals surface area (Å²) in [5, 5.41) is 3.71. The minimum atomic E-state index is 0.0594. The maximum Gasteiger partial charge on any atom is 0.159 e. The summed E-state index contributed by atoms with van der Waals surface area (Å²) >= 11 is 0. The van der Waals surface area contributed by atoms with Crippen LogP contribution in [0.1, 0.15) is 140 Å². The van der Waals surface area contributed by atoms with E-state index in [4.69, 9.17) is 8.83 Å². The SMILES string of the molecule is C1=C2C(=CCC1)N1c3cc4c(cc3C3=CC=C(N(C5=CCCc6c5oc5c(C7CCCCC7)cccc65)c5ccccc5)C2C31)N1c2ccccc2[C@H]2C(N(c3ccccc3)c3cccc5c3oc3c(C6CCCCC6)cccc35)=CC=C4C21. The summed E-state index contributed by atoms with van der Waals surface area (Å²) in [7, 11) is 0. The Morgan fingerprint density at radius 2 is 0.988 bits per heavy atom. The molecule has 4 aliphatic heterocycles. The van der Waals surface area contributed by atoms with E-state index in [0.29, 0.717) is 11.8 Å². The van der Waals surface area contributed by atoms with Crippen LogP contribution in [0.25, 0.3) is 49.8 Å². The molecule has 6 aliphatic carbocycles. The molecule has 0 spiro atoms. The number of hydrogen-bond donors (Lipinski definition) is 0. The van der Waals surface area contributed by atoms with E-state index < -0.39 is 0 Å². The second-order valence-corrected chi connectivity index (χ2v) is 25.5. The first kappa shape index (κ1) is 47.7. The van der Waals surface area contributed by atoms with Gasteiger partial charge in [0.05, 0.1) is 46.7 Å². The second kappa shape index (κ2) is 18.4. The summed E-state index contributed by atoms with van der Waals surface area (Å²) in [6.07, 6.45) is 34.4. The van der Waals surface area contributed by atoms with E-state index in [0.717, 1.165) is 59.6 Å². The molecule has 19 rings (SSSR count). The molecule has 2 saturated carbocycles. The Kier molecular flexibility index (Phi) is 10.4. The van der Waals surface area contributed by atoms with Gasteiger partial charge in [-0.05, 0) is 157 Å². The average molecular weight is 1090 g/mol. The summed E-state index contributed by atoms with van der Waals surface area (Å²) < 4.78 is 14.6. The lowest BCUT2D eigenvalue weighted by atomic mass is 9.79. The molecule has 2 aromatic heterocycles. The number of fused-ring (bicyclic) bond motifs is 18. The van der Waals surface area contributed by atoms with Crippen molar-refractivity contribution >= 4 is 83.9 Å². The number of allylic oxidation sites excluding steroid dienone is 8. The lowest BCUT2D eigenvalue weighted by molar-refractivity contribution is 0.441. The van der Waals surface area contributed by atoms with Crippen LogP contribution in [-0.2, 0) is 6.42 Å². The van der Waals surface area contributed by atoms with Crippen LogP contribution in [0.15, 0.2) is 226 Å². The van der Waals surface area contributed by atoms with Crippen molar-refractivity contribution in [2.75, 3.05) is 19.6 Å². The zero-order chi connectivity index (χ0) is 54.7. The third kappa shape index (κ3) is 6.68. The van der Waals surface area contributed by atoms with Gasteiger partial charge in [0, 0.05) is 67.0 Å². The quantitative estimate of drug-likeness (QED) is 0.151. The minimum absolute atomic E-state index is 0.0594. The van der Waals surface area contributed by atoms with Crippen molar-refractivity contribution in [1.29, 1.82) is 0 Å². The van der Waals surface area contributed by atoms with Gasteiger partial charge in [-0.3, -0.25) is 0 Å². The van der Waals surface area contributed by atoms with Crippen molar-refractivity contribution in [1.82, 2.24) is 0 Å². The van der Waals surface area contributed by atoms with Gasteiger partial charge in [0.25, 0.3) is 0 Å². The molecule has 410 valence electrons. The molecular weight excluding hydrogens is 1020 g/mol. The monoisotopic (exact) mass is 1090 g/mol. The molecule has 0 N–H and O–H groups in total. The van der Waals surface area contributed by atoms with Crippen molar-refractivity contribution in [3.05, 3.63) is 256 Å². The highest BCUT2D eigenvalue weighted by Gasteiger charge is 2.56. The highest BCUT2D eigenvalue weighted by Crippen LogP contribution is 2.66. The summed E-state index contributed by atoms with van der Waals surface area (Å²) in [6, 6.07) is 57.6. The van der Waals surface area contributed by atoms with E-state index in [1.54, 1.807) is 0 Å². The normalized spacial score (nSPS) is 22.7. The number of anilines is 6. The van der Waals surface area contributed by atoms with Gasteiger partial charge in [0.1, 0.15) is 11.2 Å². The number of benzene rings is 7. The Morgan fingerprint density at radius 3 is 1.70 bits per heavy atom.